The first kappa shape index (κ1) is 14.7. The summed E-state index contributed by atoms with van der Waals surface area (Å²) in [6, 6.07) is 8.09. The molecule has 1 N–H and O–H groups in total. The number of fused-ring (bicyclic) bond motifs is 1. The van der Waals surface area contributed by atoms with Crippen molar-refractivity contribution in [1.29, 1.82) is 0 Å². The maximum absolute atomic E-state index is 12.5. The van der Waals surface area contributed by atoms with Crippen molar-refractivity contribution < 1.29 is 9.63 Å². The van der Waals surface area contributed by atoms with Gasteiger partial charge in [-0.15, -0.1) is 5.06 Å². The van der Waals surface area contributed by atoms with E-state index in [1.165, 1.54) is 16.2 Å². The summed E-state index contributed by atoms with van der Waals surface area (Å²) < 4.78 is 0. The van der Waals surface area contributed by atoms with Gasteiger partial charge in [-0.05, 0) is 36.8 Å². The van der Waals surface area contributed by atoms with Gasteiger partial charge in [0, 0.05) is 5.57 Å². The summed E-state index contributed by atoms with van der Waals surface area (Å²) in [5.74, 6) is 0.840. The van der Waals surface area contributed by atoms with Crippen LogP contribution in [0.4, 0.5) is 4.79 Å². The van der Waals surface area contributed by atoms with Crippen LogP contribution >= 0.6 is 0 Å². The van der Waals surface area contributed by atoms with Crippen molar-refractivity contribution in [2.45, 2.75) is 39.7 Å². The van der Waals surface area contributed by atoms with Crippen molar-refractivity contribution in [3.8, 4) is 0 Å². The monoisotopic (exact) mass is 298 g/mol. The number of nitrogens with zero attached hydrogens (tertiary/aromatic N) is 1. The zero-order chi connectivity index (χ0) is 15.9. The molecule has 1 aromatic rings. The molecule has 0 saturated carbocycles. The minimum atomic E-state index is -0.226. The van der Waals surface area contributed by atoms with Gasteiger partial charge in [0.1, 0.15) is 0 Å². The second kappa shape index (κ2) is 5.52. The average molecular weight is 298 g/mol. The van der Waals surface area contributed by atoms with Gasteiger partial charge in [0.05, 0.1) is 11.7 Å². The average Bonchev–Trinajstić information content (AvgIpc) is 3.00. The molecule has 2 aliphatic rings. The van der Waals surface area contributed by atoms with Crippen LogP contribution in [0.2, 0.25) is 0 Å². The Hall–Kier alpha value is -2.23. The molecule has 0 aromatic heterocycles. The summed E-state index contributed by atoms with van der Waals surface area (Å²) >= 11 is 0. The van der Waals surface area contributed by atoms with Gasteiger partial charge in [0.2, 0.25) is 0 Å². The van der Waals surface area contributed by atoms with Crippen LogP contribution in [-0.2, 0) is 11.3 Å². The molecule has 4 nitrogen and oxygen atoms in total. The Morgan fingerprint density at radius 2 is 2.14 bits per heavy atom. The quantitative estimate of drug-likeness (QED) is 0.894. The molecule has 0 saturated heterocycles. The number of hydroxylamine groups is 2. The molecule has 0 radical (unpaired) electrons. The molecule has 1 aliphatic carbocycles. The van der Waals surface area contributed by atoms with Crippen molar-refractivity contribution in [3.05, 3.63) is 59.0 Å². The topological polar surface area (TPSA) is 41.6 Å². The van der Waals surface area contributed by atoms with E-state index >= 15 is 0 Å². The molecule has 1 heterocycles. The van der Waals surface area contributed by atoms with Gasteiger partial charge in [-0.3, -0.25) is 0 Å². The summed E-state index contributed by atoms with van der Waals surface area (Å²) in [4.78, 5) is 18.1. The number of hydrogen-bond acceptors (Lipinski definition) is 2. The second-order valence-electron chi connectivity index (χ2n) is 6.20. The number of rotatable bonds is 2. The lowest BCUT2D eigenvalue weighted by Crippen LogP contribution is -2.38. The van der Waals surface area contributed by atoms with Gasteiger partial charge in [-0.2, -0.15) is 0 Å². The zero-order valence-corrected chi connectivity index (χ0v) is 13.3. The Labute approximate surface area is 131 Å². The van der Waals surface area contributed by atoms with Crippen LogP contribution in [0.5, 0.6) is 0 Å². The third-order valence-electron chi connectivity index (χ3n) is 4.39. The number of hydrogen-bond donors (Lipinski definition) is 1. The summed E-state index contributed by atoms with van der Waals surface area (Å²) in [6.07, 6.45) is 1.93. The lowest BCUT2D eigenvalue weighted by atomic mass is 10.0. The van der Waals surface area contributed by atoms with E-state index in [0.717, 1.165) is 24.1 Å². The predicted molar refractivity (Wildman–Crippen MR) is 85.6 cm³/mol. The van der Waals surface area contributed by atoms with Gasteiger partial charge in [-0.1, -0.05) is 44.7 Å². The van der Waals surface area contributed by atoms with E-state index in [4.69, 9.17) is 4.84 Å². The fraction of sp³-hybridized carbons (Fsp3) is 0.389. The van der Waals surface area contributed by atoms with Crippen molar-refractivity contribution in [1.82, 2.24) is 10.4 Å². The molecule has 3 rings (SSSR count). The van der Waals surface area contributed by atoms with Crippen molar-refractivity contribution in [2.75, 3.05) is 0 Å². The summed E-state index contributed by atoms with van der Waals surface area (Å²) in [5, 5.41) is 4.41. The number of carbonyl (C=O) groups is 1. The number of carbonyl (C=O) groups excluding carboxylic acids is 1. The van der Waals surface area contributed by atoms with Gasteiger partial charge < -0.3 is 10.2 Å². The highest BCUT2D eigenvalue weighted by Gasteiger charge is 2.33. The van der Waals surface area contributed by atoms with Gasteiger partial charge in [0.15, 0.2) is 5.76 Å². The Morgan fingerprint density at radius 1 is 1.41 bits per heavy atom. The smallest absolute Gasteiger partial charge is 0.355 e. The highest BCUT2D eigenvalue weighted by Crippen LogP contribution is 2.35. The number of urea groups is 1. The van der Waals surface area contributed by atoms with Gasteiger partial charge >= 0.3 is 6.03 Å². The summed E-state index contributed by atoms with van der Waals surface area (Å²) in [5.41, 5.74) is 4.35. The summed E-state index contributed by atoms with van der Waals surface area (Å²) in [7, 11) is 0. The molecular formula is C18H22N2O2. The van der Waals surface area contributed by atoms with E-state index in [-0.39, 0.29) is 18.0 Å². The lowest BCUT2D eigenvalue weighted by Gasteiger charge is -2.21. The molecule has 22 heavy (non-hydrogen) atoms. The number of benzene rings is 1. The number of amides is 2. The van der Waals surface area contributed by atoms with E-state index in [9.17, 15) is 4.79 Å². The maximum atomic E-state index is 12.5. The Kier molecular flexibility index (Phi) is 3.69. The van der Waals surface area contributed by atoms with Crippen LogP contribution < -0.4 is 5.32 Å². The van der Waals surface area contributed by atoms with E-state index in [2.05, 4.69) is 37.9 Å². The van der Waals surface area contributed by atoms with E-state index < -0.39 is 0 Å². The largest absolute Gasteiger partial charge is 0.371 e. The van der Waals surface area contributed by atoms with Gasteiger partial charge in [-0.25, -0.2) is 4.79 Å². The Morgan fingerprint density at radius 3 is 2.82 bits per heavy atom. The number of nitrogens with one attached hydrogen (secondary N) is 1. The number of allylic oxidation sites excluding steroid dienone is 2. The first-order valence-corrected chi connectivity index (χ1v) is 7.75. The third kappa shape index (κ3) is 2.39. The second-order valence-corrected chi connectivity index (χ2v) is 6.20. The molecule has 1 unspecified atom stereocenters. The lowest BCUT2D eigenvalue weighted by molar-refractivity contribution is -0.0240. The highest BCUT2D eigenvalue weighted by molar-refractivity contribution is 5.77. The molecule has 116 valence electrons. The van der Waals surface area contributed by atoms with Crippen LogP contribution in [0.15, 0.2) is 47.9 Å². The minimum absolute atomic E-state index is 0.0523. The van der Waals surface area contributed by atoms with Crippen molar-refractivity contribution in [3.63, 3.8) is 0 Å². The van der Waals surface area contributed by atoms with Crippen LogP contribution in [0.3, 0.4) is 0 Å². The van der Waals surface area contributed by atoms with Gasteiger partial charge in [0.25, 0.3) is 0 Å². The fourth-order valence-electron chi connectivity index (χ4n) is 3.39. The number of aryl methyl sites for hydroxylation is 1. The fourth-order valence-corrected chi connectivity index (χ4v) is 3.39. The third-order valence-corrected chi connectivity index (χ3v) is 4.39. The molecule has 0 fully saturated rings. The normalized spacial score (nSPS) is 20.5. The van der Waals surface area contributed by atoms with Crippen LogP contribution in [0, 0.1) is 5.92 Å². The van der Waals surface area contributed by atoms with E-state index in [0.29, 0.717) is 5.76 Å². The Bertz CT molecular complexity index is 661. The first-order valence-electron chi connectivity index (χ1n) is 7.75. The maximum Gasteiger partial charge on any atom is 0.355 e. The first-order chi connectivity index (χ1) is 10.5. The highest BCUT2D eigenvalue weighted by atomic mass is 16.7. The molecular weight excluding hydrogens is 276 g/mol. The SMILES string of the molecule is C=C1ON(C(=O)NC2CCc3ccccc32)C(C)=C1C(C)C. The van der Waals surface area contributed by atoms with Crippen LogP contribution in [0.1, 0.15) is 44.4 Å². The molecule has 1 aromatic carbocycles. The minimum Gasteiger partial charge on any atom is -0.371 e. The van der Waals surface area contributed by atoms with E-state index in [1.807, 2.05) is 19.1 Å². The summed E-state index contributed by atoms with van der Waals surface area (Å²) in [6.45, 7) is 9.95. The molecule has 0 spiro atoms. The molecule has 2 amide bonds. The van der Waals surface area contributed by atoms with Crippen LogP contribution in [-0.4, -0.2) is 11.1 Å². The standard InChI is InChI=1S/C18H22N2O2/c1-11(2)17-12(3)20(22-13(17)4)18(21)19-16-10-9-14-7-5-6-8-15(14)16/h5-8,11,16H,4,9-10H2,1-3H3,(H,19,21). The molecule has 1 aliphatic heterocycles. The molecule has 1 atom stereocenters. The van der Waals surface area contributed by atoms with E-state index in [1.54, 1.807) is 0 Å². The predicted octanol–water partition coefficient (Wildman–Crippen LogP) is 4.07. The van der Waals surface area contributed by atoms with Crippen molar-refractivity contribution >= 4 is 6.03 Å². The zero-order valence-electron chi connectivity index (χ0n) is 13.3. The Balaban J connectivity index is 1.76. The molecule has 4 heteroatoms. The van der Waals surface area contributed by atoms with Crippen LogP contribution in [0.25, 0.3) is 0 Å². The molecule has 0 bridgehead atoms. The van der Waals surface area contributed by atoms with Crippen molar-refractivity contribution in [2.24, 2.45) is 5.92 Å².